The van der Waals surface area contributed by atoms with Crippen LogP contribution in [-0.2, 0) is 21.5 Å². The van der Waals surface area contributed by atoms with Crippen molar-refractivity contribution >= 4 is 21.8 Å². The van der Waals surface area contributed by atoms with Crippen LogP contribution < -0.4 is 14.4 Å². The zero-order chi connectivity index (χ0) is 20.7. The quantitative estimate of drug-likeness (QED) is 0.688. The summed E-state index contributed by atoms with van der Waals surface area (Å²) >= 11 is 0. The van der Waals surface area contributed by atoms with E-state index in [2.05, 4.69) is 5.32 Å². The predicted molar refractivity (Wildman–Crippen MR) is 106 cm³/mol. The van der Waals surface area contributed by atoms with Crippen LogP contribution in [0.5, 0.6) is 5.75 Å². The molecule has 2 aromatic carbocycles. The summed E-state index contributed by atoms with van der Waals surface area (Å²) in [5.41, 5.74) is 0.562. The van der Waals surface area contributed by atoms with Gasteiger partial charge in [0.15, 0.2) is 0 Å². The zero-order valence-corrected chi connectivity index (χ0v) is 16.9. The SMILES string of the molecule is CCOc1ccccc1CNC(=O)CN(c1ccccc1F)S(=O)(=O)N(C)C. The highest BCUT2D eigenvalue weighted by Crippen LogP contribution is 2.23. The molecule has 152 valence electrons. The van der Waals surface area contributed by atoms with Crippen LogP contribution in [0.3, 0.4) is 0 Å². The number of ether oxygens (including phenoxy) is 1. The van der Waals surface area contributed by atoms with Gasteiger partial charge >= 0.3 is 10.2 Å². The molecule has 0 atom stereocenters. The molecule has 0 heterocycles. The van der Waals surface area contributed by atoms with E-state index in [0.29, 0.717) is 12.4 Å². The van der Waals surface area contributed by atoms with Crippen LogP contribution in [0.2, 0.25) is 0 Å². The second-order valence-corrected chi connectivity index (χ2v) is 8.13. The van der Waals surface area contributed by atoms with Gasteiger partial charge in [-0.1, -0.05) is 30.3 Å². The third-order valence-electron chi connectivity index (χ3n) is 3.90. The average Bonchev–Trinajstić information content (AvgIpc) is 2.66. The molecule has 28 heavy (non-hydrogen) atoms. The van der Waals surface area contributed by atoms with E-state index in [1.165, 1.54) is 32.3 Å². The number of hydrogen-bond acceptors (Lipinski definition) is 4. The van der Waals surface area contributed by atoms with Crippen molar-refractivity contribution in [3.63, 3.8) is 0 Å². The number of benzene rings is 2. The van der Waals surface area contributed by atoms with Crippen molar-refractivity contribution in [2.45, 2.75) is 13.5 Å². The summed E-state index contributed by atoms with van der Waals surface area (Å²) in [4.78, 5) is 12.5. The minimum Gasteiger partial charge on any atom is -0.494 e. The number of nitrogens with one attached hydrogen (secondary N) is 1. The van der Waals surface area contributed by atoms with Crippen LogP contribution in [0.15, 0.2) is 48.5 Å². The molecule has 0 bridgehead atoms. The molecule has 1 N–H and O–H groups in total. The van der Waals surface area contributed by atoms with Crippen molar-refractivity contribution in [1.29, 1.82) is 0 Å². The van der Waals surface area contributed by atoms with E-state index in [9.17, 15) is 17.6 Å². The largest absolute Gasteiger partial charge is 0.494 e. The van der Waals surface area contributed by atoms with Gasteiger partial charge in [-0.2, -0.15) is 12.7 Å². The molecule has 0 aromatic heterocycles. The molecule has 2 rings (SSSR count). The van der Waals surface area contributed by atoms with Gasteiger partial charge in [0.2, 0.25) is 5.91 Å². The molecular formula is C19H24FN3O4S. The summed E-state index contributed by atoms with van der Waals surface area (Å²) in [7, 11) is -1.43. The molecule has 1 amide bonds. The average molecular weight is 409 g/mol. The molecule has 9 heteroatoms. The maximum atomic E-state index is 14.2. The number of hydrogen-bond donors (Lipinski definition) is 1. The Hall–Kier alpha value is -2.65. The summed E-state index contributed by atoms with van der Waals surface area (Å²) in [6, 6.07) is 12.6. The normalized spacial score (nSPS) is 11.3. The fourth-order valence-electron chi connectivity index (χ4n) is 2.47. The van der Waals surface area contributed by atoms with E-state index in [4.69, 9.17) is 4.74 Å². The lowest BCUT2D eigenvalue weighted by atomic mass is 10.2. The van der Waals surface area contributed by atoms with Crippen molar-refractivity contribution in [2.24, 2.45) is 0 Å². The van der Waals surface area contributed by atoms with Crippen molar-refractivity contribution < 1.29 is 22.3 Å². The Labute approximate surface area is 164 Å². The first-order valence-corrected chi connectivity index (χ1v) is 10.1. The van der Waals surface area contributed by atoms with Gasteiger partial charge in [0.1, 0.15) is 18.1 Å². The Morgan fingerprint density at radius 3 is 2.39 bits per heavy atom. The first-order valence-electron chi connectivity index (χ1n) is 8.69. The Morgan fingerprint density at radius 2 is 1.75 bits per heavy atom. The second kappa shape index (κ2) is 9.52. The van der Waals surface area contributed by atoms with Crippen LogP contribution in [0, 0.1) is 5.82 Å². The van der Waals surface area contributed by atoms with Gasteiger partial charge in [0.05, 0.1) is 12.3 Å². The fraction of sp³-hybridized carbons (Fsp3) is 0.316. The summed E-state index contributed by atoms with van der Waals surface area (Å²) in [5.74, 6) is -0.667. The lowest BCUT2D eigenvalue weighted by Gasteiger charge is -2.27. The van der Waals surface area contributed by atoms with Crippen LogP contribution in [0.25, 0.3) is 0 Å². The van der Waals surface area contributed by atoms with Crippen LogP contribution in [0.1, 0.15) is 12.5 Å². The number of carbonyl (C=O) groups is 1. The molecule has 7 nitrogen and oxygen atoms in total. The van der Waals surface area contributed by atoms with Crippen LogP contribution in [0.4, 0.5) is 10.1 Å². The van der Waals surface area contributed by atoms with Gasteiger partial charge in [-0.05, 0) is 25.1 Å². The topological polar surface area (TPSA) is 79.0 Å². The summed E-state index contributed by atoms with van der Waals surface area (Å²) in [6.07, 6.45) is 0. The molecule has 0 aliphatic heterocycles. The Bertz CT molecular complexity index is 919. The van der Waals surface area contributed by atoms with Gasteiger partial charge in [0.25, 0.3) is 0 Å². The predicted octanol–water partition coefficient (Wildman–Crippen LogP) is 2.15. The molecule has 0 spiro atoms. The minimum atomic E-state index is -4.07. The second-order valence-electron chi connectivity index (χ2n) is 6.07. The summed E-state index contributed by atoms with van der Waals surface area (Å²) < 4.78 is 46.6. The van der Waals surface area contributed by atoms with Crippen LogP contribution in [-0.4, -0.2) is 45.9 Å². The lowest BCUT2D eigenvalue weighted by Crippen LogP contribution is -2.46. The van der Waals surface area contributed by atoms with Gasteiger partial charge < -0.3 is 10.1 Å². The van der Waals surface area contributed by atoms with E-state index < -0.39 is 28.5 Å². The van der Waals surface area contributed by atoms with E-state index in [1.54, 1.807) is 12.1 Å². The maximum absolute atomic E-state index is 14.2. The number of halogens is 1. The zero-order valence-electron chi connectivity index (χ0n) is 16.1. The highest BCUT2D eigenvalue weighted by molar-refractivity contribution is 7.90. The fourth-order valence-corrected chi connectivity index (χ4v) is 3.54. The molecule has 0 radical (unpaired) electrons. The third kappa shape index (κ3) is 5.20. The maximum Gasteiger partial charge on any atom is 0.304 e. The lowest BCUT2D eigenvalue weighted by molar-refractivity contribution is -0.119. The van der Waals surface area contributed by atoms with Crippen molar-refractivity contribution in [3.05, 3.63) is 59.9 Å². The van der Waals surface area contributed by atoms with E-state index >= 15 is 0 Å². The highest BCUT2D eigenvalue weighted by Gasteiger charge is 2.29. The van der Waals surface area contributed by atoms with Gasteiger partial charge in [0, 0.05) is 26.2 Å². The number of para-hydroxylation sites is 2. The molecular weight excluding hydrogens is 385 g/mol. The molecule has 0 aliphatic carbocycles. The van der Waals surface area contributed by atoms with Gasteiger partial charge in [-0.3, -0.25) is 4.79 Å². The Morgan fingerprint density at radius 1 is 1.11 bits per heavy atom. The third-order valence-corrected chi connectivity index (χ3v) is 5.70. The van der Waals surface area contributed by atoms with Gasteiger partial charge in [-0.25, -0.2) is 8.70 Å². The van der Waals surface area contributed by atoms with Crippen molar-refractivity contribution in [3.8, 4) is 5.75 Å². The number of nitrogens with zero attached hydrogens (tertiary/aromatic N) is 2. The first kappa shape index (κ1) is 21.6. The van der Waals surface area contributed by atoms with Crippen molar-refractivity contribution in [1.82, 2.24) is 9.62 Å². The minimum absolute atomic E-state index is 0.155. The number of amides is 1. The molecule has 0 aliphatic rings. The highest BCUT2D eigenvalue weighted by atomic mass is 32.2. The molecule has 2 aromatic rings. The molecule has 0 unspecified atom stereocenters. The summed E-state index contributed by atoms with van der Waals surface area (Å²) in [6.45, 7) is 1.93. The number of anilines is 1. The summed E-state index contributed by atoms with van der Waals surface area (Å²) in [5, 5.41) is 2.66. The molecule has 0 fully saturated rings. The Balaban J connectivity index is 2.19. The van der Waals surface area contributed by atoms with Gasteiger partial charge in [-0.15, -0.1) is 0 Å². The monoisotopic (exact) mass is 409 g/mol. The van der Waals surface area contributed by atoms with E-state index in [1.807, 2.05) is 19.1 Å². The van der Waals surface area contributed by atoms with E-state index in [0.717, 1.165) is 20.2 Å². The molecule has 0 saturated carbocycles. The Kier molecular flexibility index (Phi) is 7.36. The number of rotatable bonds is 9. The first-order chi connectivity index (χ1) is 13.3. The van der Waals surface area contributed by atoms with Crippen molar-refractivity contribution in [2.75, 3.05) is 31.6 Å². The smallest absolute Gasteiger partial charge is 0.304 e. The number of carbonyl (C=O) groups excluding carboxylic acids is 1. The van der Waals surface area contributed by atoms with Crippen LogP contribution >= 0.6 is 0 Å². The van der Waals surface area contributed by atoms with E-state index in [-0.39, 0.29) is 12.2 Å². The standard InChI is InChI=1S/C19H24FN3O4S/c1-4-27-18-12-8-5-9-15(18)13-21-19(24)14-23(28(25,26)22(2)3)17-11-7-6-10-16(17)20/h5-12H,4,13-14H2,1-3H3,(H,21,24). The molecule has 0 saturated heterocycles.